The van der Waals surface area contributed by atoms with Crippen LogP contribution in [0.2, 0.25) is 15.1 Å². The topological polar surface area (TPSA) is 32.3 Å². The van der Waals surface area contributed by atoms with Crippen LogP contribution < -0.4 is 10.2 Å². The summed E-state index contributed by atoms with van der Waals surface area (Å²) in [6, 6.07) is 10.3. The number of nitrogens with one attached hydrogen (secondary N) is 1. The van der Waals surface area contributed by atoms with Gasteiger partial charge >= 0.3 is 0 Å². The smallest absolute Gasteiger partial charge is 0.257 e. The van der Waals surface area contributed by atoms with Crippen molar-refractivity contribution in [1.29, 1.82) is 0 Å². The largest absolute Gasteiger partial charge is 0.370 e. The maximum Gasteiger partial charge on any atom is 0.257 e. The number of hydrogen-bond donors (Lipinski definition) is 1. The molecule has 1 amide bonds. The lowest BCUT2D eigenvalue weighted by Crippen LogP contribution is -2.18. The maximum absolute atomic E-state index is 12.3. The van der Waals surface area contributed by atoms with E-state index in [4.69, 9.17) is 34.8 Å². The van der Waals surface area contributed by atoms with Crippen LogP contribution in [0.1, 0.15) is 23.2 Å². The van der Waals surface area contributed by atoms with E-state index in [1.165, 1.54) is 12.8 Å². The minimum absolute atomic E-state index is 0.295. The summed E-state index contributed by atoms with van der Waals surface area (Å²) in [6.07, 6.45) is 2.37. The lowest BCUT2D eigenvalue weighted by atomic mass is 10.2. The van der Waals surface area contributed by atoms with E-state index in [1.54, 1.807) is 24.3 Å². The Morgan fingerprint density at radius 1 is 0.957 bits per heavy atom. The molecule has 0 spiro atoms. The average Bonchev–Trinajstić information content (AvgIpc) is 3.01. The van der Waals surface area contributed by atoms with Gasteiger partial charge < -0.3 is 10.2 Å². The third kappa shape index (κ3) is 3.74. The molecule has 23 heavy (non-hydrogen) atoms. The van der Waals surface area contributed by atoms with Crippen LogP contribution >= 0.6 is 34.8 Å². The van der Waals surface area contributed by atoms with Crippen LogP contribution in [0.3, 0.4) is 0 Å². The Bertz CT molecular complexity index is 743. The second-order valence-electron chi connectivity index (χ2n) is 5.44. The highest BCUT2D eigenvalue weighted by molar-refractivity contribution is 6.37. The molecule has 0 radical (unpaired) electrons. The average molecular weight is 370 g/mol. The van der Waals surface area contributed by atoms with Gasteiger partial charge in [0.2, 0.25) is 0 Å². The Balaban J connectivity index is 1.77. The van der Waals surface area contributed by atoms with Gasteiger partial charge in [0.25, 0.3) is 5.91 Å². The number of carbonyl (C=O) groups excluding carboxylic acids is 1. The van der Waals surface area contributed by atoms with Crippen LogP contribution in [0.5, 0.6) is 0 Å². The molecule has 1 saturated heterocycles. The van der Waals surface area contributed by atoms with Crippen molar-refractivity contribution >= 4 is 52.1 Å². The molecule has 1 aliphatic heterocycles. The molecule has 0 unspecified atom stereocenters. The Morgan fingerprint density at radius 3 is 2.35 bits per heavy atom. The van der Waals surface area contributed by atoms with E-state index in [1.807, 2.05) is 12.1 Å². The number of nitrogens with zero attached hydrogens (tertiary/aromatic N) is 1. The van der Waals surface area contributed by atoms with Crippen LogP contribution in [0.4, 0.5) is 11.4 Å². The zero-order valence-corrected chi connectivity index (χ0v) is 14.5. The predicted octanol–water partition coefficient (Wildman–Crippen LogP) is 5.50. The molecule has 2 aromatic rings. The summed E-state index contributed by atoms with van der Waals surface area (Å²) in [4.78, 5) is 14.6. The van der Waals surface area contributed by atoms with E-state index in [2.05, 4.69) is 10.2 Å². The number of anilines is 2. The normalized spacial score (nSPS) is 14.1. The molecule has 1 aliphatic rings. The molecule has 120 valence electrons. The van der Waals surface area contributed by atoms with Crippen molar-refractivity contribution < 1.29 is 4.79 Å². The summed E-state index contributed by atoms with van der Waals surface area (Å²) in [5.74, 6) is -0.295. The lowest BCUT2D eigenvalue weighted by molar-refractivity contribution is 0.102. The van der Waals surface area contributed by atoms with Crippen molar-refractivity contribution in [3.05, 3.63) is 57.0 Å². The minimum atomic E-state index is -0.295. The number of carbonyl (C=O) groups is 1. The molecule has 1 N–H and O–H groups in total. The first-order valence-corrected chi connectivity index (χ1v) is 8.49. The van der Waals surface area contributed by atoms with Crippen LogP contribution in [0.25, 0.3) is 0 Å². The molecule has 1 heterocycles. The van der Waals surface area contributed by atoms with Gasteiger partial charge in [0.15, 0.2) is 0 Å². The highest BCUT2D eigenvalue weighted by Gasteiger charge is 2.16. The fourth-order valence-corrected chi connectivity index (χ4v) is 3.47. The van der Waals surface area contributed by atoms with Gasteiger partial charge in [-0.3, -0.25) is 4.79 Å². The number of amides is 1. The SMILES string of the molecule is O=C(Nc1ccc(N2CCCC2)c(Cl)c1)c1ccc(Cl)cc1Cl. The fraction of sp³-hybridized carbons (Fsp3) is 0.235. The molecule has 3 rings (SSSR count). The van der Waals surface area contributed by atoms with Gasteiger partial charge in [-0.25, -0.2) is 0 Å². The van der Waals surface area contributed by atoms with Gasteiger partial charge in [-0.15, -0.1) is 0 Å². The van der Waals surface area contributed by atoms with Gasteiger partial charge in [-0.1, -0.05) is 34.8 Å². The third-order valence-corrected chi connectivity index (χ3v) is 4.68. The van der Waals surface area contributed by atoms with Gasteiger partial charge in [0, 0.05) is 23.8 Å². The molecule has 0 saturated carbocycles. The number of rotatable bonds is 3. The minimum Gasteiger partial charge on any atom is -0.370 e. The van der Waals surface area contributed by atoms with E-state index >= 15 is 0 Å². The Hall–Kier alpha value is -1.42. The number of hydrogen-bond acceptors (Lipinski definition) is 2. The Kier molecular flexibility index (Phi) is 5.00. The third-order valence-electron chi connectivity index (χ3n) is 3.83. The standard InChI is InChI=1S/C17H15Cl3N2O/c18-11-3-5-13(14(19)9-11)17(23)21-12-4-6-16(15(20)10-12)22-7-1-2-8-22/h3-6,9-10H,1-2,7-8H2,(H,21,23). The summed E-state index contributed by atoms with van der Waals surface area (Å²) in [5, 5.41) is 4.24. The molecular weight excluding hydrogens is 355 g/mol. The van der Waals surface area contributed by atoms with Crippen molar-refractivity contribution in [2.24, 2.45) is 0 Å². The molecule has 1 fully saturated rings. The highest BCUT2D eigenvalue weighted by atomic mass is 35.5. The van der Waals surface area contributed by atoms with Crippen LogP contribution in [0, 0.1) is 0 Å². The molecule has 0 atom stereocenters. The second kappa shape index (κ2) is 7.00. The van der Waals surface area contributed by atoms with Crippen LogP contribution in [0.15, 0.2) is 36.4 Å². The van der Waals surface area contributed by atoms with Crippen molar-refractivity contribution in [3.63, 3.8) is 0 Å². The molecule has 0 bridgehead atoms. The van der Waals surface area contributed by atoms with E-state index in [-0.39, 0.29) is 5.91 Å². The number of halogens is 3. The summed E-state index contributed by atoms with van der Waals surface area (Å²) >= 11 is 18.3. The summed E-state index contributed by atoms with van der Waals surface area (Å²) in [7, 11) is 0. The monoisotopic (exact) mass is 368 g/mol. The molecule has 3 nitrogen and oxygen atoms in total. The highest BCUT2D eigenvalue weighted by Crippen LogP contribution is 2.31. The van der Waals surface area contributed by atoms with Gasteiger partial charge in [0.1, 0.15) is 0 Å². The molecule has 2 aromatic carbocycles. The van der Waals surface area contributed by atoms with Gasteiger partial charge in [-0.05, 0) is 49.2 Å². The zero-order chi connectivity index (χ0) is 16.4. The summed E-state index contributed by atoms with van der Waals surface area (Å²) in [5.41, 5.74) is 2.01. The molecular formula is C17H15Cl3N2O. The molecule has 0 aromatic heterocycles. The molecule has 0 aliphatic carbocycles. The van der Waals surface area contributed by atoms with Crippen LogP contribution in [-0.4, -0.2) is 19.0 Å². The first-order valence-electron chi connectivity index (χ1n) is 7.35. The molecule has 6 heteroatoms. The Morgan fingerprint density at radius 2 is 1.70 bits per heavy atom. The first-order chi connectivity index (χ1) is 11.0. The second-order valence-corrected chi connectivity index (χ2v) is 6.69. The first kappa shape index (κ1) is 16.4. The van der Waals surface area contributed by atoms with E-state index in [9.17, 15) is 4.79 Å². The van der Waals surface area contributed by atoms with Crippen LogP contribution in [-0.2, 0) is 0 Å². The maximum atomic E-state index is 12.3. The lowest BCUT2D eigenvalue weighted by Gasteiger charge is -2.19. The zero-order valence-electron chi connectivity index (χ0n) is 12.3. The van der Waals surface area contributed by atoms with Crippen molar-refractivity contribution in [1.82, 2.24) is 0 Å². The van der Waals surface area contributed by atoms with E-state index in [0.29, 0.717) is 26.3 Å². The summed E-state index contributed by atoms with van der Waals surface area (Å²) in [6.45, 7) is 2.04. The Labute approximate surface area is 150 Å². The van der Waals surface area contributed by atoms with Gasteiger partial charge in [0.05, 0.1) is 21.3 Å². The fourth-order valence-electron chi connectivity index (χ4n) is 2.67. The predicted molar refractivity (Wildman–Crippen MR) is 97.3 cm³/mol. The van der Waals surface area contributed by atoms with E-state index < -0.39 is 0 Å². The van der Waals surface area contributed by atoms with Crippen molar-refractivity contribution in [2.45, 2.75) is 12.8 Å². The van der Waals surface area contributed by atoms with Gasteiger partial charge in [-0.2, -0.15) is 0 Å². The van der Waals surface area contributed by atoms with Crippen molar-refractivity contribution in [3.8, 4) is 0 Å². The summed E-state index contributed by atoms with van der Waals surface area (Å²) < 4.78 is 0. The quantitative estimate of drug-likeness (QED) is 0.775. The number of benzene rings is 2. The van der Waals surface area contributed by atoms with Crippen molar-refractivity contribution in [2.75, 3.05) is 23.3 Å². The van der Waals surface area contributed by atoms with E-state index in [0.717, 1.165) is 18.8 Å².